The fourth-order valence-electron chi connectivity index (χ4n) is 6.65. The summed E-state index contributed by atoms with van der Waals surface area (Å²) in [5, 5.41) is 0. The largest absolute Gasteiger partial charge is 0.462 e. The zero-order chi connectivity index (χ0) is 33.8. The fraction of sp³-hybridized carbons (Fsp3) is 0.619. The Balaban J connectivity index is 1.19. The topological polar surface area (TPSA) is 52.6 Å². The molecule has 264 valence electrons. The maximum atomic E-state index is 13.1. The molecule has 0 spiro atoms. The van der Waals surface area contributed by atoms with Gasteiger partial charge in [0.25, 0.3) is 0 Å². The van der Waals surface area contributed by atoms with Crippen molar-refractivity contribution < 1.29 is 19.1 Å². The lowest BCUT2D eigenvalue weighted by Gasteiger charge is -2.09. The van der Waals surface area contributed by atoms with Gasteiger partial charge in [-0.3, -0.25) is 0 Å². The number of benzene rings is 2. The summed E-state index contributed by atoms with van der Waals surface area (Å²) in [5.74, 6) is -0.423. The summed E-state index contributed by atoms with van der Waals surface area (Å²) in [6.07, 6.45) is 26.9. The summed E-state index contributed by atoms with van der Waals surface area (Å²) in [6, 6.07) is 12.0. The summed E-state index contributed by atoms with van der Waals surface area (Å²) in [7, 11) is 0. The van der Waals surface area contributed by atoms with Crippen molar-refractivity contribution in [1.82, 2.24) is 0 Å². The third kappa shape index (κ3) is 12.6. The van der Waals surface area contributed by atoms with Crippen LogP contribution in [-0.2, 0) is 22.3 Å². The van der Waals surface area contributed by atoms with Gasteiger partial charge in [0.2, 0.25) is 0 Å². The summed E-state index contributed by atoms with van der Waals surface area (Å²) in [5.41, 5.74) is 3.72. The van der Waals surface area contributed by atoms with Gasteiger partial charge in [-0.05, 0) is 36.1 Å². The van der Waals surface area contributed by atoms with Crippen molar-refractivity contribution in [2.24, 2.45) is 0 Å². The molecule has 0 aliphatic carbocycles. The van der Waals surface area contributed by atoms with Gasteiger partial charge in [0.05, 0.1) is 24.3 Å². The van der Waals surface area contributed by atoms with E-state index in [1.165, 1.54) is 124 Å². The Morgan fingerprint density at radius 1 is 0.500 bits per heavy atom. The van der Waals surface area contributed by atoms with Crippen molar-refractivity contribution >= 4 is 35.5 Å². The normalized spacial score (nSPS) is 15.0. The molecule has 0 unspecified atom stereocenters. The van der Waals surface area contributed by atoms with Gasteiger partial charge in [-0.2, -0.15) is 0 Å². The van der Waals surface area contributed by atoms with E-state index in [9.17, 15) is 9.59 Å². The smallest absolute Gasteiger partial charge is 0.339 e. The molecule has 6 heteroatoms. The number of unbranched alkanes of at least 4 members (excludes halogenated alkanes) is 18. The van der Waals surface area contributed by atoms with Crippen LogP contribution in [0.2, 0.25) is 0 Å². The van der Waals surface area contributed by atoms with Crippen LogP contribution in [0.5, 0.6) is 0 Å². The number of ether oxygens (including phenoxy) is 2. The maximum Gasteiger partial charge on any atom is 0.339 e. The Bertz CT molecular complexity index is 1220. The minimum absolute atomic E-state index is 0.212. The van der Waals surface area contributed by atoms with E-state index in [0.29, 0.717) is 24.3 Å². The Morgan fingerprint density at radius 3 is 1.19 bits per heavy atom. The average molecular weight is 693 g/mol. The summed E-state index contributed by atoms with van der Waals surface area (Å²) < 4.78 is 11.5. The van der Waals surface area contributed by atoms with Gasteiger partial charge >= 0.3 is 11.9 Å². The van der Waals surface area contributed by atoms with Gasteiger partial charge in [0.15, 0.2) is 0 Å². The van der Waals surface area contributed by atoms with Crippen molar-refractivity contribution in [2.75, 3.05) is 13.2 Å². The molecular weight excluding hydrogens is 633 g/mol. The van der Waals surface area contributed by atoms with E-state index in [0.717, 1.165) is 48.3 Å². The van der Waals surface area contributed by atoms with Crippen LogP contribution >= 0.6 is 23.5 Å². The van der Waals surface area contributed by atoms with Crippen LogP contribution in [-0.4, -0.2) is 25.2 Å². The third-order valence-electron chi connectivity index (χ3n) is 9.56. The SMILES string of the molecule is CCCCCCCCCCCCOC(=O)c1cccc2c1S/C(=C1/Cc3cccc(C(=O)OCCCCCCCCCCCC)c3S1)C2. The first-order valence-corrected chi connectivity index (χ1v) is 20.9. The van der Waals surface area contributed by atoms with Crippen LogP contribution in [0.15, 0.2) is 56.0 Å². The van der Waals surface area contributed by atoms with Crippen molar-refractivity contribution in [2.45, 2.75) is 165 Å². The quantitative estimate of drug-likeness (QED) is 0.0806. The second-order valence-corrected chi connectivity index (χ2v) is 15.8. The van der Waals surface area contributed by atoms with Crippen molar-refractivity contribution in [1.29, 1.82) is 0 Å². The molecule has 0 radical (unpaired) electrons. The predicted octanol–water partition coefficient (Wildman–Crippen LogP) is 13.1. The Hall–Kier alpha value is -2.18. The molecule has 2 heterocycles. The molecule has 2 aromatic carbocycles. The van der Waals surface area contributed by atoms with E-state index in [2.05, 4.69) is 26.0 Å². The molecule has 2 aliphatic heterocycles. The molecule has 0 aromatic heterocycles. The first kappa shape index (κ1) is 38.6. The van der Waals surface area contributed by atoms with Crippen molar-refractivity contribution in [3.63, 3.8) is 0 Å². The fourth-order valence-corrected chi connectivity index (χ4v) is 9.29. The number of hydrogen-bond donors (Lipinski definition) is 0. The zero-order valence-electron chi connectivity index (χ0n) is 29.9. The highest BCUT2D eigenvalue weighted by atomic mass is 32.2. The molecule has 2 aliphatic rings. The van der Waals surface area contributed by atoms with E-state index in [4.69, 9.17) is 9.47 Å². The van der Waals surface area contributed by atoms with Gasteiger partial charge < -0.3 is 9.47 Å². The Labute approximate surface area is 300 Å². The lowest BCUT2D eigenvalue weighted by molar-refractivity contribution is 0.0484. The van der Waals surface area contributed by atoms with Gasteiger partial charge in [-0.25, -0.2) is 9.59 Å². The molecule has 4 nitrogen and oxygen atoms in total. The second-order valence-electron chi connectivity index (χ2n) is 13.6. The van der Waals surface area contributed by atoms with E-state index in [1.54, 1.807) is 23.5 Å². The molecule has 0 saturated carbocycles. The van der Waals surface area contributed by atoms with Gasteiger partial charge in [-0.15, -0.1) is 0 Å². The minimum atomic E-state index is -0.212. The van der Waals surface area contributed by atoms with E-state index < -0.39 is 0 Å². The van der Waals surface area contributed by atoms with Crippen LogP contribution in [0, 0.1) is 0 Å². The van der Waals surface area contributed by atoms with Gasteiger partial charge in [-0.1, -0.05) is 177 Å². The number of esters is 2. The predicted molar refractivity (Wildman–Crippen MR) is 203 cm³/mol. The second kappa shape index (κ2) is 22.5. The highest BCUT2D eigenvalue weighted by molar-refractivity contribution is 8.07. The van der Waals surface area contributed by atoms with Crippen molar-refractivity contribution in [3.8, 4) is 0 Å². The van der Waals surface area contributed by atoms with E-state index in [-0.39, 0.29) is 11.9 Å². The molecular formula is C42H60O4S2. The van der Waals surface area contributed by atoms with E-state index in [1.807, 2.05) is 24.3 Å². The lowest BCUT2D eigenvalue weighted by atomic mass is 10.1. The highest BCUT2D eigenvalue weighted by Crippen LogP contribution is 2.51. The molecule has 0 N–H and O–H groups in total. The van der Waals surface area contributed by atoms with Crippen LogP contribution < -0.4 is 0 Å². The summed E-state index contributed by atoms with van der Waals surface area (Å²) in [4.78, 5) is 30.8. The Morgan fingerprint density at radius 2 is 0.833 bits per heavy atom. The van der Waals surface area contributed by atoms with Crippen LogP contribution in [0.1, 0.15) is 174 Å². The first-order chi connectivity index (χ1) is 23.6. The highest BCUT2D eigenvalue weighted by Gasteiger charge is 2.30. The summed E-state index contributed by atoms with van der Waals surface area (Å²) >= 11 is 3.41. The summed E-state index contributed by atoms with van der Waals surface area (Å²) in [6.45, 7) is 5.50. The lowest BCUT2D eigenvalue weighted by Crippen LogP contribution is -2.08. The van der Waals surface area contributed by atoms with Crippen molar-refractivity contribution in [3.05, 3.63) is 68.5 Å². The minimum Gasteiger partial charge on any atom is -0.462 e. The molecule has 0 bridgehead atoms. The molecule has 0 saturated heterocycles. The van der Waals surface area contributed by atoms with Gasteiger partial charge in [0.1, 0.15) is 0 Å². The number of hydrogen-bond acceptors (Lipinski definition) is 6. The maximum absolute atomic E-state index is 13.1. The molecule has 48 heavy (non-hydrogen) atoms. The van der Waals surface area contributed by atoms with Crippen LogP contribution in [0.4, 0.5) is 0 Å². The van der Waals surface area contributed by atoms with Crippen LogP contribution in [0.25, 0.3) is 0 Å². The number of rotatable bonds is 24. The molecule has 0 amide bonds. The monoisotopic (exact) mass is 692 g/mol. The Kier molecular flexibility index (Phi) is 18.1. The number of thioether (sulfide) groups is 2. The molecule has 4 rings (SSSR count). The van der Waals surface area contributed by atoms with E-state index >= 15 is 0 Å². The zero-order valence-corrected chi connectivity index (χ0v) is 31.5. The first-order valence-electron chi connectivity index (χ1n) is 19.3. The average Bonchev–Trinajstić information content (AvgIpc) is 3.74. The third-order valence-corrected chi connectivity index (χ3v) is 12.3. The standard InChI is InChI=1S/C42H60O4S2/c1-3-5-7-9-11-13-15-17-19-21-29-45-41(43)35-27-23-25-33-31-37(47-39(33)35)38-32-34-26-24-28-36(40(34)48-38)42(44)46-30-22-20-18-16-14-12-10-8-6-4-2/h23-28H,3-22,29-32H2,1-2H3/b38-37-. The number of carbonyl (C=O) groups excluding carboxylic acids is 2. The number of fused-ring (bicyclic) bond motifs is 2. The van der Waals surface area contributed by atoms with Crippen LogP contribution in [0.3, 0.4) is 0 Å². The van der Waals surface area contributed by atoms with Gasteiger partial charge in [0, 0.05) is 32.4 Å². The molecule has 2 aromatic rings. The molecule has 0 atom stereocenters. The molecule has 0 fully saturated rings. The number of carbonyl (C=O) groups is 2. The number of allylic oxidation sites excluding steroid dienone is 2.